The van der Waals surface area contributed by atoms with Gasteiger partial charge in [0.05, 0.1) is 19.3 Å². The Balaban J connectivity index is 1.74. The maximum absolute atomic E-state index is 5.72. The molecule has 0 bridgehead atoms. The second kappa shape index (κ2) is 4.60. The summed E-state index contributed by atoms with van der Waals surface area (Å²) in [6, 6.07) is 0. The SMILES string of the molecule is CCCOC1CCC2(CC1)OCCO2. The third kappa shape index (κ3) is 2.27. The lowest BCUT2D eigenvalue weighted by atomic mass is 9.92. The van der Waals surface area contributed by atoms with E-state index in [9.17, 15) is 0 Å². The molecule has 0 N–H and O–H groups in total. The van der Waals surface area contributed by atoms with Crippen LogP contribution < -0.4 is 0 Å². The molecule has 0 aromatic carbocycles. The van der Waals surface area contributed by atoms with Crippen molar-refractivity contribution in [1.29, 1.82) is 0 Å². The van der Waals surface area contributed by atoms with Crippen LogP contribution in [0.4, 0.5) is 0 Å². The summed E-state index contributed by atoms with van der Waals surface area (Å²) in [6.45, 7) is 4.56. The van der Waals surface area contributed by atoms with Gasteiger partial charge in [-0.2, -0.15) is 0 Å². The molecule has 2 aliphatic rings. The molecule has 0 radical (unpaired) electrons. The van der Waals surface area contributed by atoms with E-state index in [0.29, 0.717) is 6.10 Å². The minimum Gasteiger partial charge on any atom is -0.378 e. The predicted molar refractivity (Wildman–Crippen MR) is 53.1 cm³/mol. The van der Waals surface area contributed by atoms with Crippen molar-refractivity contribution >= 4 is 0 Å². The van der Waals surface area contributed by atoms with Crippen molar-refractivity contribution in [2.24, 2.45) is 0 Å². The lowest BCUT2D eigenvalue weighted by Crippen LogP contribution is -2.37. The van der Waals surface area contributed by atoms with E-state index in [1.807, 2.05) is 0 Å². The first-order valence-corrected chi connectivity index (χ1v) is 5.74. The maximum Gasteiger partial charge on any atom is 0.168 e. The highest BCUT2D eigenvalue weighted by Crippen LogP contribution is 2.36. The first kappa shape index (κ1) is 10.4. The Morgan fingerprint density at radius 3 is 2.43 bits per heavy atom. The summed E-state index contributed by atoms with van der Waals surface area (Å²) in [5, 5.41) is 0. The van der Waals surface area contributed by atoms with Gasteiger partial charge in [-0.1, -0.05) is 6.92 Å². The van der Waals surface area contributed by atoms with E-state index in [1.54, 1.807) is 0 Å². The molecular formula is C11H20O3. The monoisotopic (exact) mass is 200 g/mol. The van der Waals surface area contributed by atoms with Gasteiger partial charge in [-0.3, -0.25) is 0 Å². The van der Waals surface area contributed by atoms with Gasteiger partial charge in [-0.25, -0.2) is 0 Å². The molecule has 0 aromatic rings. The van der Waals surface area contributed by atoms with Gasteiger partial charge >= 0.3 is 0 Å². The standard InChI is InChI=1S/C11H20O3/c1-2-7-12-10-3-5-11(6-4-10)13-8-9-14-11/h10H,2-9H2,1H3. The molecule has 1 spiro atoms. The topological polar surface area (TPSA) is 27.7 Å². The first-order valence-electron chi connectivity index (χ1n) is 5.74. The fraction of sp³-hybridized carbons (Fsp3) is 1.00. The molecule has 14 heavy (non-hydrogen) atoms. The average molecular weight is 200 g/mol. The predicted octanol–water partition coefficient (Wildman–Crippen LogP) is 2.10. The summed E-state index contributed by atoms with van der Waals surface area (Å²) in [4.78, 5) is 0. The van der Waals surface area contributed by atoms with Crippen LogP contribution in [0, 0.1) is 0 Å². The minimum absolute atomic E-state index is 0.230. The highest BCUT2D eigenvalue weighted by atomic mass is 16.7. The van der Waals surface area contributed by atoms with Crippen LogP contribution in [-0.2, 0) is 14.2 Å². The summed E-state index contributed by atoms with van der Waals surface area (Å²) < 4.78 is 17.0. The highest BCUT2D eigenvalue weighted by molar-refractivity contribution is 4.82. The van der Waals surface area contributed by atoms with Crippen molar-refractivity contribution in [2.75, 3.05) is 19.8 Å². The molecule has 1 saturated carbocycles. The van der Waals surface area contributed by atoms with Gasteiger partial charge in [-0.05, 0) is 19.3 Å². The molecule has 3 nitrogen and oxygen atoms in total. The zero-order valence-electron chi connectivity index (χ0n) is 8.96. The van der Waals surface area contributed by atoms with Gasteiger partial charge in [0.2, 0.25) is 0 Å². The van der Waals surface area contributed by atoms with Crippen LogP contribution in [0.25, 0.3) is 0 Å². The summed E-state index contributed by atoms with van der Waals surface area (Å²) in [7, 11) is 0. The van der Waals surface area contributed by atoms with Crippen LogP contribution in [-0.4, -0.2) is 31.7 Å². The maximum atomic E-state index is 5.72. The average Bonchev–Trinajstić information content (AvgIpc) is 2.66. The fourth-order valence-corrected chi connectivity index (χ4v) is 2.27. The molecule has 0 aromatic heterocycles. The Kier molecular flexibility index (Phi) is 3.42. The lowest BCUT2D eigenvalue weighted by Gasteiger charge is -2.35. The summed E-state index contributed by atoms with van der Waals surface area (Å²) >= 11 is 0. The molecule has 1 aliphatic heterocycles. The zero-order valence-corrected chi connectivity index (χ0v) is 8.96. The van der Waals surface area contributed by atoms with Gasteiger partial charge in [0.15, 0.2) is 5.79 Å². The van der Waals surface area contributed by atoms with E-state index in [1.165, 1.54) is 0 Å². The van der Waals surface area contributed by atoms with Crippen LogP contribution in [0.15, 0.2) is 0 Å². The van der Waals surface area contributed by atoms with Gasteiger partial charge < -0.3 is 14.2 Å². The normalized spacial score (nSPS) is 27.2. The van der Waals surface area contributed by atoms with Crippen LogP contribution in [0.1, 0.15) is 39.0 Å². The van der Waals surface area contributed by atoms with E-state index in [2.05, 4.69) is 6.92 Å². The van der Waals surface area contributed by atoms with Gasteiger partial charge in [0.25, 0.3) is 0 Å². The Hall–Kier alpha value is -0.120. The summed E-state index contributed by atoms with van der Waals surface area (Å²) in [6.07, 6.45) is 5.71. The van der Waals surface area contributed by atoms with E-state index < -0.39 is 0 Å². The van der Waals surface area contributed by atoms with Crippen molar-refractivity contribution in [2.45, 2.75) is 50.9 Å². The largest absolute Gasteiger partial charge is 0.378 e. The van der Waals surface area contributed by atoms with Crippen LogP contribution in [0.5, 0.6) is 0 Å². The Morgan fingerprint density at radius 2 is 1.86 bits per heavy atom. The Bertz CT molecular complexity index is 165. The lowest BCUT2D eigenvalue weighted by molar-refractivity contribution is -0.191. The van der Waals surface area contributed by atoms with Crippen molar-refractivity contribution < 1.29 is 14.2 Å². The van der Waals surface area contributed by atoms with Crippen molar-refractivity contribution in [1.82, 2.24) is 0 Å². The number of hydrogen-bond donors (Lipinski definition) is 0. The second-order valence-electron chi connectivity index (χ2n) is 4.18. The Labute approximate surface area is 85.7 Å². The quantitative estimate of drug-likeness (QED) is 0.698. The van der Waals surface area contributed by atoms with Crippen LogP contribution in [0.3, 0.4) is 0 Å². The van der Waals surface area contributed by atoms with E-state index in [0.717, 1.165) is 51.9 Å². The zero-order chi connectivity index (χ0) is 9.86. The molecule has 1 aliphatic carbocycles. The molecular weight excluding hydrogens is 180 g/mol. The van der Waals surface area contributed by atoms with E-state index in [4.69, 9.17) is 14.2 Å². The molecule has 2 fully saturated rings. The van der Waals surface area contributed by atoms with E-state index >= 15 is 0 Å². The molecule has 0 atom stereocenters. The highest BCUT2D eigenvalue weighted by Gasteiger charge is 2.40. The molecule has 82 valence electrons. The fourth-order valence-electron chi connectivity index (χ4n) is 2.27. The van der Waals surface area contributed by atoms with Crippen molar-refractivity contribution in [3.8, 4) is 0 Å². The Morgan fingerprint density at radius 1 is 1.21 bits per heavy atom. The van der Waals surface area contributed by atoms with Gasteiger partial charge in [0, 0.05) is 19.4 Å². The van der Waals surface area contributed by atoms with Crippen molar-refractivity contribution in [3.63, 3.8) is 0 Å². The van der Waals surface area contributed by atoms with E-state index in [-0.39, 0.29) is 5.79 Å². The molecule has 1 saturated heterocycles. The molecule has 0 amide bonds. The molecule has 1 heterocycles. The summed E-state index contributed by atoms with van der Waals surface area (Å²) in [5.74, 6) is -0.230. The second-order valence-corrected chi connectivity index (χ2v) is 4.18. The number of rotatable bonds is 3. The third-order valence-corrected chi connectivity index (χ3v) is 3.07. The number of ether oxygens (including phenoxy) is 3. The van der Waals surface area contributed by atoms with Crippen molar-refractivity contribution in [3.05, 3.63) is 0 Å². The number of hydrogen-bond acceptors (Lipinski definition) is 3. The minimum atomic E-state index is -0.230. The third-order valence-electron chi connectivity index (χ3n) is 3.07. The smallest absolute Gasteiger partial charge is 0.168 e. The molecule has 0 unspecified atom stereocenters. The first-order chi connectivity index (χ1) is 6.85. The van der Waals surface area contributed by atoms with Gasteiger partial charge in [0.1, 0.15) is 0 Å². The van der Waals surface area contributed by atoms with Crippen LogP contribution >= 0.6 is 0 Å². The molecule has 3 heteroatoms. The summed E-state index contributed by atoms with van der Waals surface area (Å²) in [5.41, 5.74) is 0. The molecule has 2 rings (SSSR count). The van der Waals surface area contributed by atoms with Crippen LogP contribution in [0.2, 0.25) is 0 Å². The van der Waals surface area contributed by atoms with Gasteiger partial charge in [-0.15, -0.1) is 0 Å².